The van der Waals surface area contributed by atoms with Gasteiger partial charge in [0.25, 0.3) is 0 Å². The van der Waals surface area contributed by atoms with E-state index in [1.54, 1.807) is 82.4 Å². The Labute approximate surface area is 867 Å². The van der Waals surface area contributed by atoms with Gasteiger partial charge in [0.1, 0.15) is 96.9 Å². The van der Waals surface area contributed by atoms with Gasteiger partial charge in [-0.3, -0.25) is 101 Å². The van der Waals surface area contributed by atoms with Crippen molar-refractivity contribution in [2.75, 3.05) is 78.5 Å². The number of aromatic nitrogens is 2. The summed E-state index contributed by atoms with van der Waals surface area (Å²) >= 11 is 0.730. The summed E-state index contributed by atoms with van der Waals surface area (Å²) in [5.41, 5.74) is 20.4. The van der Waals surface area contributed by atoms with Gasteiger partial charge in [0.05, 0.1) is 31.4 Å². The molecule has 3 fully saturated rings. The molecule has 3 aliphatic heterocycles. The SMILES string of the molecule is CCCC[C@H]1C(=O)N(C)[C@@H](CCCC)C(=O)N[C@@H](CC(C)C)C(=O)N[C@H](C(=O)NCC(=O)NCC(=O)CCC(=O)NCCCCC(=O)O)CSCC(=O)N[C@@H](Cc2ccc(O)cc2)C(=O)N(C)[C@@H](C)C(=O)N[C@@H](CC(N)=O)C(=O)N2CCC[C@H]2C(=O)N[C@@H](CN)C(=O)N[C@@H](CC(C)C)C(=O)N2C[C@H](O)C[C@@H]2C(=O)N[C@@H](Cc2c[nH]c3ccccc23)C(=O)N[C@@H](CCN)C(=O)N[C@@H](Cc2cn(CC(=O)O)c3ccccc23)C(=O)N1C. The zero-order chi connectivity index (χ0) is 110. The van der Waals surface area contributed by atoms with Crippen molar-refractivity contribution in [3.05, 3.63) is 102 Å². The van der Waals surface area contributed by atoms with Crippen molar-refractivity contribution in [3.8, 4) is 5.75 Å². The summed E-state index contributed by atoms with van der Waals surface area (Å²) in [7, 11) is 3.85. The first kappa shape index (κ1) is 120. The summed E-state index contributed by atoms with van der Waals surface area (Å²) in [6.45, 7) is 8.47. The molecule has 18 amide bonds. The molecular weight excluding hydrogens is 1950 g/mol. The Morgan fingerprint density at radius 2 is 1.09 bits per heavy atom. The van der Waals surface area contributed by atoms with Crippen molar-refractivity contribution in [2.45, 2.75) is 281 Å². The number of carboxylic acids is 2. The van der Waals surface area contributed by atoms with Gasteiger partial charge >= 0.3 is 11.9 Å². The van der Waals surface area contributed by atoms with E-state index in [1.165, 1.54) is 63.1 Å². The number of phenols is 1. The molecule has 8 rings (SSSR count). The lowest BCUT2D eigenvalue weighted by atomic mass is 9.99. The second-order valence-corrected chi connectivity index (χ2v) is 39.9. The molecule has 23 N–H and O–H groups in total. The third-order valence-corrected chi connectivity index (χ3v) is 27.3. The number of aliphatic hydroxyl groups excluding tert-OH is 1. The highest BCUT2D eigenvalue weighted by Gasteiger charge is 2.47. The van der Waals surface area contributed by atoms with Crippen LogP contribution in [0.3, 0.4) is 0 Å². The Morgan fingerprint density at radius 3 is 1.74 bits per heavy atom. The molecular formula is C101H146N22O25S. The number of aromatic hydroxyl groups is 1. The Bertz CT molecular complexity index is 5580. The molecule has 0 radical (unpaired) electrons. The number of hydrogen-bond donors (Lipinski definition) is 20. The zero-order valence-electron chi connectivity index (χ0n) is 86.0. The molecule has 5 aromatic rings. The highest BCUT2D eigenvalue weighted by atomic mass is 32.2. The molecule has 816 valence electrons. The van der Waals surface area contributed by atoms with Crippen LogP contribution in [-0.2, 0) is 126 Å². The average Bonchev–Trinajstić information content (AvgIpc) is 1.66. The minimum atomic E-state index is -1.80. The van der Waals surface area contributed by atoms with Gasteiger partial charge in [0.2, 0.25) is 106 Å². The number of thioether (sulfide) groups is 1. The van der Waals surface area contributed by atoms with Crippen LogP contribution in [0.5, 0.6) is 5.75 Å². The van der Waals surface area contributed by atoms with E-state index < -0.39 is 284 Å². The second-order valence-electron chi connectivity index (χ2n) is 38.9. The van der Waals surface area contributed by atoms with Crippen LogP contribution in [0, 0.1) is 11.8 Å². The minimum absolute atomic E-state index is 0.0400. The number of para-hydroxylation sites is 2. The number of carbonyl (C=O) groups excluding carboxylic acids is 19. The Kier molecular flexibility index (Phi) is 47.2. The molecule has 0 saturated carbocycles. The molecule has 0 aliphatic carbocycles. The monoisotopic (exact) mass is 2100 g/mol. The summed E-state index contributed by atoms with van der Waals surface area (Å²) in [5, 5.41) is 73.5. The lowest BCUT2D eigenvalue weighted by Crippen LogP contribution is -2.62. The number of nitrogens with two attached hydrogens (primary N) is 3. The largest absolute Gasteiger partial charge is 0.508 e. The van der Waals surface area contributed by atoms with E-state index in [2.05, 4.69) is 68.8 Å². The first-order chi connectivity index (χ1) is 70.8. The number of carboxylic acid groups (broad SMARTS) is 2. The van der Waals surface area contributed by atoms with Gasteiger partial charge in [-0.05, 0) is 124 Å². The molecule has 15 atom stereocenters. The number of benzene rings is 3. The summed E-state index contributed by atoms with van der Waals surface area (Å²) in [6, 6.07) is -2.95. The van der Waals surface area contributed by atoms with E-state index >= 15 is 38.4 Å². The van der Waals surface area contributed by atoms with Crippen molar-refractivity contribution in [1.29, 1.82) is 0 Å². The molecule has 3 aromatic carbocycles. The molecule has 3 saturated heterocycles. The number of Topliss-reactive ketones (excluding diaryl/α,β-unsaturated/α-hetero) is 1. The van der Waals surface area contributed by atoms with Crippen molar-refractivity contribution in [3.63, 3.8) is 0 Å². The fraction of sp³-hybridized carbons (Fsp3) is 0.574. The Hall–Kier alpha value is -14.2. The first-order valence-corrected chi connectivity index (χ1v) is 51.7. The van der Waals surface area contributed by atoms with Gasteiger partial charge in [0.15, 0.2) is 5.78 Å². The summed E-state index contributed by atoms with van der Waals surface area (Å²) in [4.78, 5) is 311. The van der Waals surface area contributed by atoms with E-state index in [0.717, 1.165) is 36.3 Å². The van der Waals surface area contributed by atoms with Crippen molar-refractivity contribution < 1.29 is 121 Å². The summed E-state index contributed by atoms with van der Waals surface area (Å²) in [6.07, 6.45) is 0.363. The van der Waals surface area contributed by atoms with E-state index in [4.69, 9.17) is 22.3 Å². The number of primary amides is 1. The van der Waals surface area contributed by atoms with Gasteiger partial charge in [-0.1, -0.05) is 116 Å². The zero-order valence-corrected chi connectivity index (χ0v) is 86.8. The highest BCUT2D eigenvalue weighted by Crippen LogP contribution is 2.29. The Balaban J connectivity index is 1.20. The van der Waals surface area contributed by atoms with Gasteiger partial charge < -0.3 is 135 Å². The normalized spacial score (nSPS) is 23.5. The number of phenolic OH excluding ortho intramolecular Hbond substituents is 1. The fourth-order valence-corrected chi connectivity index (χ4v) is 19.0. The number of hydrogen-bond acceptors (Lipinski definition) is 26. The number of nitrogens with zero attached hydrogens (tertiary/aromatic N) is 6. The lowest BCUT2D eigenvalue weighted by molar-refractivity contribution is -0.149. The van der Waals surface area contributed by atoms with E-state index in [0.29, 0.717) is 70.6 Å². The standard InChI is InChI=1S/C101H146N22O25S/c1-11-13-25-78-94(141)111-69(40-56(3)4)91(138)117-76(89(136)108-50-84(129)107-49-63(125)34-35-83(128)105-38-20-19-29-86(131)132)54-149-55-85(130)109-72(42-59-30-32-62(124)33-31-59)97(144)118(8)58(7)88(135)113-74(46-82(104)127)99(146)122-39-21-28-79(122)95(142)116-75(47-103)93(140)114-71(41-57(5)6)100(147)123-52-64(126)45-81(123)96(143)112-70(43-60-48-106-67-24-17-15-22-65(60)67)92(139)110-68(36-37-102)90(137)115-73(98(145)120(10)80(26-14-12-2)101(148)119(78)9)44-61-51-121(53-87(133)134)77-27-18-16-23-66(61)77/h15-18,22-24,27,30-33,48,51,56-58,64,68-76,78-81,106,124,126H,11-14,19-21,25-26,28-29,34-47,49-50,52-55,102-103H2,1-10H3,(H2,104,127)(H,105,128)(H,107,129)(H,108,136)(H,109,130)(H,110,139)(H,111,141)(H,112,143)(H,113,135)(H,114,140)(H,115,137)(H,116,142)(H,117,138)(H,131,132)(H,133,134)/t58-,64+,68-,69-,70-,71-,72-,73-,74-,75-,76-,78-,79-,80-,81+/m0/s1. The predicted octanol–water partition coefficient (Wildman–Crippen LogP) is -1.89. The van der Waals surface area contributed by atoms with Crippen LogP contribution in [0.15, 0.2) is 85.2 Å². The summed E-state index contributed by atoms with van der Waals surface area (Å²) in [5.74, 6) is -21.7. The number of aliphatic hydroxyl groups is 1. The number of rotatable bonds is 36. The molecule has 3 aliphatic rings. The molecule has 0 unspecified atom stereocenters. The van der Waals surface area contributed by atoms with E-state index in [1.807, 2.05) is 13.8 Å². The molecule has 149 heavy (non-hydrogen) atoms. The number of nitrogens with one attached hydrogen (secondary N) is 13. The smallest absolute Gasteiger partial charge is 0.323 e. The van der Waals surface area contributed by atoms with Gasteiger partial charge in [-0.15, -0.1) is 11.8 Å². The third kappa shape index (κ3) is 35.8. The summed E-state index contributed by atoms with van der Waals surface area (Å²) < 4.78 is 1.43. The van der Waals surface area contributed by atoms with Crippen LogP contribution in [0.1, 0.15) is 181 Å². The topological polar surface area (TPSA) is 699 Å². The number of likely N-dealkylation sites (N-methyl/N-ethyl adjacent to an activating group) is 3. The maximum atomic E-state index is 16.1. The number of aliphatic carboxylic acids is 2. The van der Waals surface area contributed by atoms with Crippen LogP contribution in [0.2, 0.25) is 0 Å². The minimum Gasteiger partial charge on any atom is -0.508 e. The first-order valence-electron chi connectivity index (χ1n) is 50.5. The number of ketones is 1. The van der Waals surface area contributed by atoms with Gasteiger partial charge in [-0.25, -0.2) is 0 Å². The molecule has 47 nitrogen and oxygen atoms in total. The second kappa shape index (κ2) is 58.6. The molecule has 0 bridgehead atoms. The van der Waals surface area contributed by atoms with Crippen LogP contribution >= 0.6 is 11.8 Å². The van der Waals surface area contributed by atoms with Gasteiger partial charge in [-0.2, -0.15) is 0 Å². The number of amides is 18. The van der Waals surface area contributed by atoms with Crippen LogP contribution in [0.25, 0.3) is 21.8 Å². The maximum Gasteiger partial charge on any atom is 0.323 e. The van der Waals surface area contributed by atoms with Gasteiger partial charge in [0, 0.05) is 132 Å². The lowest BCUT2D eigenvalue weighted by Gasteiger charge is -2.36. The van der Waals surface area contributed by atoms with Crippen LogP contribution < -0.4 is 81.0 Å². The van der Waals surface area contributed by atoms with Crippen LogP contribution in [0.4, 0.5) is 0 Å². The van der Waals surface area contributed by atoms with Crippen molar-refractivity contribution >= 4 is 158 Å². The predicted molar refractivity (Wildman–Crippen MR) is 547 cm³/mol. The highest BCUT2D eigenvalue weighted by molar-refractivity contribution is 8.00. The number of fused-ring (bicyclic) bond motifs is 4. The number of H-pyrrole nitrogens is 1. The number of unbranched alkanes of at least 4 members (excludes halogenated alkanes) is 3. The van der Waals surface area contributed by atoms with Crippen molar-refractivity contribution in [1.82, 2.24) is 97.9 Å². The quantitative estimate of drug-likeness (QED) is 0.0195. The molecule has 48 heteroatoms. The maximum absolute atomic E-state index is 16.1. The van der Waals surface area contributed by atoms with Crippen LogP contribution in [-0.4, -0.2) is 348 Å². The van der Waals surface area contributed by atoms with Crippen molar-refractivity contribution in [2.24, 2.45) is 29.0 Å². The molecule has 2 aromatic heterocycles. The van der Waals surface area contributed by atoms with E-state index in [9.17, 15) is 77.6 Å². The molecule has 0 spiro atoms. The number of aromatic amines is 1. The van der Waals surface area contributed by atoms with E-state index in [-0.39, 0.29) is 115 Å². The number of carbonyl (C=O) groups is 21. The fourth-order valence-electron chi connectivity index (χ4n) is 18.1. The Morgan fingerprint density at radius 1 is 0.517 bits per heavy atom. The molecule has 5 heterocycles. The average molecular weight is 2100 g/mol. The third-order valence-electron chi connectivity index (χ3n) is 26.3.